The van der Waals surface area contributed by atoms with Gasteiger partial charge >= 0.3 is 0 Å². The monoisotopic (exact) mass is 329 g/mol. The van der Waals surface area contributed by atoms with Gasteiger partial charge in [-0.2, -0.15) is 5.26 Å². The first kappa shape index (κ1) is 18.1. The Balaban J connectivity index is 1.87. The van der Waals surface area contributed by atoms with Gasteiger partial charge in [-0.3, -0.25) is 4.79 Å². The van der Waals surface area contributed by atoms with Crippen LogP contribution in [-0.2, 0) is 4.79 Å². The van der Waals surface area contributed by atoms with Crippen LogP contribution in [0, 0.1) is 17.2 Å². The fourth-order valence-corrected chi connectivity index (χ4v) is 2.98. The highest BCUT2D eigenvalue weighted by atomic mass is 16.5. The van der Waals surface area contributed by atoms with Crippen molar-refractivity contribution in [2.24, 2.45) is 5.92 Å². The standard InChI is InChI=1S/C19H27N3O2/c1-14(2)24-18-9-8-16(11-20)10-17(18)21-13-19(23)22-12-15-6-4-3-5-7-15/h8-10,14-15,21H,3-7,12-13H2,1-2H3,(H,22,23). The van der Waals surface area contributed by atoms with Crippen LogP contribution in [0.25, 0.3) is 0 Å². The van der Waals surface area contributed by atoms with Crippen molar-refractivity contribution in [2.45, 2.75) is 52.1 Å². The van der Waals surface area contributed by atoms with Crippen LogP contribution in [0.2, 0.25) is 0 Å². The van der Waals surface area contributed by atoms with Gasteiger partial charge in [0.05, 0.1) is 30.0 Å². The van der Waals surface area contributed by atoms with Crippen molar-refractivity contribution in [3.8, 4) is 11.8 Å². The number of hydrogen-bond acceptors (Lipinski definition) is 4. The van der Waals surface area contributed by atoms with Crippen molar-refractivity contribution < 1.29 is 9.53 Å². The number of anilines is 1. The maximum absolute atomic E-state index is 12.1. The lowest BCUT2D eigenvalue weighted by molar-refractivity contribution is -0.119. The molecule has 0 saturated heterocycles. The lowest BCUT2D eigenvalue weighted by Crippen LogP contribution is -2.34. The summed E-state index contributed by atoms with van der Waals surface area (Å²) in [7, 11) is 0. The van der Waals surface area contributed by atoms with Crippen LogP contribution in [0.15, 0.2) is 18.2 Å². The Hall–Kier alpha value is -2.22. The van der Waals surface area contributed by atoms with E-state index in [1.54, 1.807) is 18.2 Å². The molecule has 1 amide bonds. The molecule has 130 valence electrons. The van der Waals surface area contributed by atoms with Crippen molar-refractivity contribution in [1.82, 2.24) is 5.32 Å². The fourth-order valence-electron chi connectivity index (χ4n) is 2.98. The SMILES string of the molecule is CC(C)Oc1ccc(C#N)cc1NCC(=O)NCC1CCCCC1. The molecule has 24 heavy (non-hydrogen) atoms. The third-order valence-electron chi connectivity index (χ3n) is 4.22. The predicted molar refractivity (Wildman–Crippen MR) is 95.0 cm³/mol. The van der Waals surface area contributed by atoms with Crippen molar-refractivity contribution in [3.63, 3.8) is 0 Å². The van der Waals surface area contributed by atoms with Gasteiger partial charge in [0.1, 0.15) is 5.75 Å². The molecule has 1 fully saturated rings. The number of carbonyl (C=O) groups excluding carboxylic acids is 1. The van der Waals surface area contributed by atoms with Crippen molar-refractivity contribution in [2.75, 3.05) is 18.4 Å². The summed E-state index contributed by atoms with van der Waals surface area (Å²) in [4.78, 5) is 12.1. The molecule has 5 heteroatoms. The number of ether oxygens (including phenoxy) is 1. The Bertz CT molecular complexity index is 587. The Labute approximate surface area is 144 Å². The smallest absolute Gasteiger partial charge is 0.239 e. The molecule has 1 aromatic rings. The summed E-state index contributed by atoms with van der Waals surface area (Å²) in [5, 5.41) is 15.1. The van der Waals surface area contributed by atoms with Gasteiger partial charge in [-0.05, 0) is 50.8 Å². The Kier molecular flexibility index (Phi) is 6.92. The van der Waals surface area contributed by atoms with Gasteiger partial charge in [0.15, 0.2) is 0 Å². The van der Waals surface area contributed by atoms with Gasteiger partial charge in [-0.1, -0.05) is 19.3 Å². The highest BCUT2D eigenvalue weighted by Gasteiger charge is 2.14. The molecule has 1 aliphatic rings. The molecule has 0 radical (unpaired) electrons. The molecule has 1 aliphatic carbocycles. The molecule has 0 atom stereocenters. The maximum atomic E-state index is 12.1. The molecule has 2 N–H and O–H groups in total. The van der Waals surface area contributed by atoms with Crippen LogP contribution in [0.3, 0.4) is 0 Å². The van der Waals surface area contributed by atoms with E-state index in [2.05, 4.69) is 16.7 Å². The summed E-state index contributed by atoms with van der Waals surface area (Å²) in [5.74, 6) is 1.24. The fraction of sp³-hybridized carbons (Fsp3) is 0.579. The molecule has 5 nitrogen and oxygen atoms in total. The summed E-state index contributed by atoms with van der Waals surface area (Å²) in [6.07, 6.45) is 6.32. The first-order valence-corrected chi connectivity index (χ1v) is 8.80. The average Bonchev–Trinajstić information content (AvgIpc) is 2.59. The molecule has 1 aromatic carbocycles. The number of nitriles is 1. The number of nitrogens with one attached hydrogen (secondary N) is 2. The zero-order valence-corrected chi connectivity index (χ0v) is 14.6. The van der Waals surface area contributed by atoms with Crippen LogP contribution in [0.1, 0.15) is 51.5 Å². The zero-order chi connectivity index (χ0) is 17.4. The van der Waals surface area contributed by atoms with E-state index in [0.717, 1.165) is 6.54 Å². The van der Waals surface area contributed by atoms with Crippen molar-refractivity contribution in [3.05, 3.63) is 23.8 Å². The van der Waals surface area contributed by atoms with Crippen molar-refractivity contribution in [1.29, 1.82) is 5.26 Å². The summed E-state index contributed by atoms with van der Waals surface area (Å²) in [6.45, 7) is 4.82. The van der Waals surface area contributed by atoms with Gasteiger partial charge in [0, 0.05) is 6.54 Å². The zero-order valence-electron chi connectivity index (χ0n) is 14.6. The minimum atomic E-state index is -0.0292. The second-order valence-corrected chi connectivity index (χ2v) is 6.65. The molecular weight excluding hydrogens is 302 g/mol. The van der Waals surface area contributed by atoms with Gasteiger partial charge in [0.2, 0.25) is 5.91 Å². The molecule has 0 aromatic heterocycles. The van der Waals surface area contributed by atoms with Crippen LogP contribution in [-0.4, -0.2) is 25.1 Å². The number of hydrogen-bond donors (Lipinski definition) is 2. The van der Waals surface area contributed by atoms with E-state index in [1.165, 1.54) is 32.1 Å². The molecule has 0 bridgehead atoms. The van der Waals surface area contributed by atoms with E-state index in [4.69, 9.17) is 10.00 Å². The predicted octanol–water partition coefficient (Wildman–Crippen LogP) is 3.45. The van der Waals surface area contributed by atoms with E-state index in [0.29, 0.717) is 22.9 Å². The van der Waals surface area contributed by atoms with Gasteiger partial charge < -0.3 is 15.4 Å². The van der Waals surface area contributed by atoms with E-state index in [9.17, 15) is 4.79 Å². The van der Waals surface area contributed by atoms with E-state index in [1.807, 2.05) is 13.8 Å². The number of benzene rings is 1. The topological polar surface area (TPSA) is 74.1 Å². The first-order valence-electron chi connectivity index (χ1n) is 8.80. The van der Waals surface area contributed by atoms with Crippen molar-refractivity contribution >= 4 is 11.6 Å². The number of carbonyl (C=O) groups is 1. The Morgan fingerprint density at radius 2 is 2.08 bits per heavy atom. The van der Waals surface area contributed by atoms with Crippen LogP contribution in [0.5, 0.6) is 5.75 Å². The molecule has 0 aliphatic heterocycles. The lowest BCUT2D eigenvalue weighted by Gasteiger charge is -2.22. The molecule has 0 unspecified atom stereocenters. The summed E-state index contributed by atoms with van der Waals surface area (Å²) in [6, 6.07) is 7.30. The number of rotatable bonds is 7. The highest BCUT2D eigenvalue weighted by molar-refractivity contribution is 5.81. The maximum Gasteiger partial charge on any atom is 0.239 e. The average molecular weight is 329 g/mol. The van der Waals surface area contributed by atoms with E-state index >= 15 is 0 Å². The first-order chi connectivity index (χ1) is 11.6. The molecule has 2 rings (SSSR count). The summed E-state index contributed by atoms with van der Waals surface area (Å²) in [5.41, 5.74) is 1.21. The second-order valence-electron chi connectivity index (χ2n) is 6.65. The molecular formula is C19H27N3O2. The Morgan fingerprint density at radius 1 is 1.33 bits per heavy atom. The number of nitrogens with zero attached hydrogens (tertiary/aromatic N) is 1. The Morgan fingerprint density at radius 3 is 2.75 bits per heavy atom. The molecule has 1 saturated carbocycles. The van der Waals surface area contributed by atoms with E-state index < -0.39 is 0 Å². The summed E-state index contributed by atoms with van der Waals surface area (Å²) < 4.78 is 5.73. The number of amides is 1. The molecule has 0 heterocycles. The largest absolute Gasteiger partial charge is 0.489 e. The lowest BCUT2D eigenvalue weighted by atomic mass is 9.89. The third-order valence-corrected chi connectivity index (χ3v) is 4.22. The van der Waals surface area contributed by atoms with Crippen LogP contribution < -0.4 is 15.4 Å². The van der Waals surface area contributed by atoms with Gasteiger partial charge in [0.25, 0.3) is 0 Å². The summed E-state index contributed by atoms with van der Waals surface area (Å²) >= 11 is 0. The van der Waals surface area contributed by atoms with Crippen LogP contribution >= 0.6 is 0 Å². The molecule has 0 spiro atoms. The van der Waals surface area contributed by atoms with Gasteiger partial charge in [-0.25, -0.2) is 0 Å². The highest BCUT2D eigenvalue weighted by Crippen LogP contribution is 2.26. The minimum absolute atomic E-state index is 0.0265. The second kappa shape index (κ2) is 9.17. The third kappa shape index (κ3) is 5.77. The van der Waals surface area contributed by atoms with E-state index in [-0.39, 0.29) is 18.6 Å². The quantitative estimate of drug-likeness (QED) is 0.803. The minimum Gasteiger partial charge on any atom is -0.489 e. The van der Waals surface area contributed by atoms with Crippen LogP contribution in [0.4, 0.5) is 5.69 Å². The van der Waals surface area contributed by atoms with Gasteiger partial charge in [-0.15, -0.1) is 0 Å². The normalized spacial score (nSPS) is 14.9.